The topological polar surface area (TPSA) is 82.6 Å². The average molecular weight is 492 g/mol. The summed E-state index contributed by atoms with van der Waals surface area (Å²) in [6.45, 7) is 2.28. The van der Waals surface area contributed by atoms with Crippen LogP contribution in [0.25, 0.3) is 32.6 Å². The van der Waals surface area contributed by atoms with E-state index in [-0.39, 0.29) is 18.6 Å². The summed E-state index contributed by atoms with van der Waals surface area (Å²) in [5, 5.41) is 15.0. The molecule has 1 saturated heterocycles. The van der Waals surface area contributed by atoms with Crippen molar-refractivity contribution in [1.82, 2.24) is 15.5 Å². The fourth-order valence-electron chi connectivity index (χ4n) is 4.43. The lowest BCUT2D eigenvalue weighted by molar-refractivity contribution is -0.121. The number of carbonyl (C=O) groups excluding carboxylic acids is 1. The monoisotopic (exact) mass is 491 g/mol. The molecule has 4 heterocycles. The second kappa shape index (κ2) is 9.33. The lowest BCUT2D eigenvalue weighted by atomic mass is 9.96. The van der Waals surface area contributed by atoms with Crippen LogP contribution in [-0.2, 0) is 27.2 Å². The van der Waals surface area contributed by atoms with Crippen molar-refractivity contribution in [2.45, 2.75) is 19.1 Å². The number of ether oxygens (including phenoxy) is 3. The lowest BCUT2D eigenvalue weighted by Crippen LogP contribution is -2.33. The van der Waals surface area contributed by atoms with Gasteiger partial charge < -0.3 is 19.5 Å². The standard InChI is InChI=1S/C26H22FN3O4S/c27-18-3-4-20(22(11-18)34-14-19-13-32-6-7-33-19)25-26-21(5-8-35-26)24(29-30-25)16-2-1-15-10-23(31)28-12-17(15)9-16/h1-5,8-9,11,19H,6-7,10,12-14H2,(H,28,31). The van der Waals surface area contributed by atoms with E-state index in [2.05, 4.69) is 21.6 Å². The van der Waals surface area contributed by atoms with E-state index in [0.29, 0.717) is 49.8 Å². The number of thiophene rings is 1. The molecule has 2 aliphatic rings. The number of rotatable bonds is 5. The molecule has 2 aromatic heterocycles. The van der Waals surface area contributed by atoms with Crippen LogP contribution >= 0.6 is 11.3 Å². The Morgan fingerprint density at radius 2 is 2.00 bits per heavy atom. The van der Waals surface area contributed by atoms with E-state index in [1.54, 1.807) is 17.4 Å². The van der Waals surface area contributed by atoms with Crippen LogP contribution in [-0.4, -0.2) is 48.6 Å². The van der Waals surface area contributed by atoms with E-state index in [0.717, 1.165) is 32.5 Å². The molecule has 1 atom stereocenters. The van der Waals surface area contributed by atoms with Crippen molar-refractivity contribution in [1.29, 1.82) is 0 Å². The minimum absolute atomic E-state index is 0.0366. The molecule has 0 aliphatic carbocycles. The van der Waals surface area contributed by atoms with Gasteiger partial charge in [0.25, 0.3) is 0 Å². The van der Waals surface area contributed by atoms with E-state index in [1.807, 2.05) is 23.6 Å². The van der Waals surface area contributed by atoms with Gasteiger partial charge in [0.2, 0.25) is 5.91 Å². The van der Waals surface area contributed by atoms with Crippen molar-refractivity contribution in [2.24, 2.45) is 0 Å². The number of benzene rings is 2. The molecule has 1 N–H and O–H groups in total. The summed E-state index contributed by atoms with van der Waals surface area (Å²) in [4.78, 5) is 11.7. The SMILES string of the molecule is O=C1Cc2ccc(-c3nnc(-c4ccc(F)cc4OCC4COCCO4)c4sccc34)cc2CN1. The first-order valence-electron chi connectivity index (χ1n) is 11.4. The molecule has 0 spiro atoms. The third-order valence-electron chi connectivity index (χ3n) is 6.20. The Balaban J connectivity index is 1.37. The van der Waals surface area contributed by atoms with E-state index in [4.69, 9.17) is 14.2 Å². The van der Waals surface area contributed by atoms with Gasteiger partial charge in [0.15, 0.2) is 0 Å². The summed E-state index contributed by atoms with van der Waals surface area (Å²) in [5.41, 5.74) is 5.13. The van der Waals surface area contributed by atoms with Crippen molar-refractivity contribution in [3.63, 3.8) is 0 Å². The molecule has 1 amide bonds. The first-order chi connectivity index (χ1) is 17.2. The van der Waals surface area contributed by atoms with Crippen LogP contribution in [0.15, 0.2) is 47.8 Å². The zero-order valence-electron chi connectivity index (χ0n) is 18.8. The quantitative estimate of drug-likeness (QED) is 0.452. The normalized spacial score (nSPS) is 17.7. The Hall–Kier alpha value is -3.40. The van der Waals surface area contributed by atoms with Crippen LogP contribution < -0.4 is 10.1 Å². The number of hydrogen-bond acceptors (Lipinski definition) is 7. The summed E-state index contributed by atoms with van der Waals surface area (Å²) in [5.74, 6) is 0.0349. The highest BCUT2D eigenvalue weighted by molar-refractivity contribution is 7.17. The minimum atomic E-state index is -0.391. The molecule has 0 radical (unpaired) electrons. The number of aromatic nitrogens is 2. The van der Waals surface area contributed by atoms with Gasteiger partial charge in [-0.1, -0.05) is 12.1 Å². The number of hydrogen-bond donors (Lipinski definition) is 1. The van der Waals surface area contributed by atoms with Crippen LogP contribution in [0.1, 0.15) is 11.1 Å². The summed E-state index contributed by atoms with van der Waals surface area (Å²) in [6.07, 6.45) is 0.184. The number of nitrogens with zero attached hydrogens (tertiary/aromatic N) is 2. The number of fused-ring (bicyclic) bond motifs is 2. The predicted molar refractivity (Wildman–Crippen MR) is 130 cm³/mol. The molecule has 2 aromatic carbocycles. The maximum atomic E-state index is 14.1. The van der Waals surface area contributed by atoms with Crippen LogP contribution in [0, 0.1) is 5.82 Å². The van der Waals surface area contributed by atoms with Crippen molar-refractivity contribution in [2.75, 3.05) is 26.4 Å². The third-order valence-corrected chi connectivity index (χ3v) is 7.12. The first-order valence-corrected chi connectivity index (χ1v) is 12.3. The Morgan fingerprint density at radius 3 is 2.89 bits per heavy atom. The van der Waals surface area contributed by atoms with E-state index in [9.17, 15) is 9.18 Å². The minimum Gasteiger partial charge on any atom is -0.490 e. The zero-order valence-corrected chi connectivity index (χ0v) is 19.6. The molecule has 4 aromatic rings. The highest BCUT2D eigenvalue weighted by atomic mass is 32.1. The highest BCUT2D eigenvalue weighted by Gasteiger charge is 2.21. The molecule has 178 valence electrons. The van der Waals surface area contributed by atoms with Gasteiger partial charge >= 0.3 is 0 Å². The molecule has 35 heavy (non-hydrogen) atoms. The van der Waals surface area contributed by atoms with Gasteiger partial charge in [0.05, 0.1) is 30.9 Å². The average Bonchev–Trinajstić information content (AvgIpc) is 3.38. The molecule has 1 fully saturated rings. The maximum Gasteiger partial charge on any atom is 0.224 e. The summed E-state index contributed by atoms with van der Waals surface area (Å²) < 4.78 is 32.1. The van der Waals surface area contributed by atoms with E-state index >= 15 is 0 Å². The Labute approximate surface area is 204 Å². The zero-order chi connectivity index (χ0) is 23.8. The molecule has 2 aliphatic heterocycles. The van der Waals surface area contributed by atoms with Crippen molar-refractivity contribution in [3.05, 3.63) is 64.8 Å². The van der Waals surface area contributed by atoms with Gasteiger partial charge in [0, 0.05) is 29.1 Å². The smallest absolute Gasteiger partial charge is 0.224 e. The summed E-state index contributed by atoms with van der Waals surface area (Å²) in [6, 6.07) is 12.5. The number of halogens is 1. The molecular formula is C26H22FN3O4S. The van der Waals surface area contributed by atoms with E-state index < -0.39 is 5.82 Å². The van der Waals surface area contributed by atoms with Gasteiger partial charge in [-0.15, -0.1) is 21.5 Å². The van der Waals surface area contributed by atoms with Crippen LogP contribution in [0.3, 0.4) is 0 Å². The molecule has 9 heteroatoms. The van der Waals surface area contributed by atoms with Gasteiger partial charge in [-0.25, -0.2) is 4.39 Å². The van der Waals surface area contributed by atoms with Crippen molar-refractivity contribution < 1.29 is 23.4 Å². The molecule has 7 nitrogen and oxygen atoms in total. The number of amides is 1. The number of carbonyl (C=O) groups is 1. The fourth-order valence-corrected chi connectivity index (χ4v) is 5.33. The van der Waals surface area contributed by atoms with Gasteiger partial charge in [-0.3, -0.25) is 4.79 Å². The van der Waals surface area contributed by atoms with Gasteiger partial charge in [-0.2, -0.15) is 0 Å². The second-order valence-electron chi connectivity index (χ2n) is 8.52. The Bertz CT molecular complexity index is 1420. The number of nitrogens with one attached hydrogen (secondary N) is 1. The summed E-state index contributed by atoms with van der Waals surface area (Å²) in [7, 11) is 0. The highest BCUT2D eigenvalue weighted by Crippen LogP contribution is 2.39. The molecular weight excluding hydrogens is 469 g/mol. The fraction of sp³-hybridized carbons (Fsp3) is 0.269. The molecule has 1 unspecified atom stereocenters. The second-order valence-corrected chi connectivity index (χ2v) is 9.43. The van der Waals surface area contributed by atoms with E-state index in [1.165, 1.54) is 12.1 Å². The maximum absolute atomic E-state index is 14.1. The summed E-state index contributed by atoms with van der Waals surface area (Å²) >= 11 is 1.55. The largest absolute Gasteiger partial charge is 0.490 e. The molecule has 6 rings (SSSR count). The van der Waals surface area contributed by atoms with Crippen LogP contribution in [0.4, 0.5) is 4.39 Å². The Morgan fingerprint density at radius 1 is 1.09 bits per heavy atom. The lowest BCUT2D eigenvalue weighted by Gasteiger charge is -2.23. The molecule has 0 bridgehead atoms. The van der Waals surface area contributed by atoms with Crippen molar-refractivity contribution in [3.8, 4) is 28.3 Å². The van der Waals surface area contributed by atoms with Crippen LogP contribution in [0.5, 0.6) is 5.75 Å². The predicted octanol–water partition coefficient (Wildman–Crippen LogP) is 4.13. The van der Waals surface area contributed by atoms with Gasteiger partial charge in [0.1, 0.15) is 35.7 Å². The Kier molecular flexibility index (Phi) is 5.89. The van der Waals surface area contributed by atoms with Gasteiger partial charge in [-0.05, 0) is 40.8 Å². The third kappa shape index (κ3) is 4.38. The van der Waals surface area contributed by atoms with Crippen LogP contribution in [0.2, 0.25) is 0 Å². The first kappa shape index (κ1) is 22.1. The van der Waals surface area contributed by atoms with Crippen molar-refractivity contribution >= 4 is 27.3 Å². The molecule has 0 saturated carbocycles.